The van der Waals surface area contributed by atoms with Gasteiger partial charge in [-0.2, -0.15) is 5.10 Å². The normalized spacial score (nSPS) is 11.7. The molecule has 0 fully saturated rings. The molecule has 23 heavy (non-hydrogen) atoms. The van der Waals surface area contributed by atoms with E-state index in [2.05, 4.69) is 45.3 Å². The number of guanidine groups is 1. The first-order valence-electron chi connectivity index (χ1n) is 8.78. The molecule has 1 aromatic rings. The summed E-state index contributed by atoms with van der Waals surface area (Å²) in [5, 5.41) is 11.1. The van der Waals surface area contributed by atoms with Crippen LogP contribution in [-0.4, -0.2) is 48.6 Å². The smallest absolute Gasteiger partial charge is 0.191 e. The van der Waals surface area contributed by atoms with Crippen molar-refractivity contribution in [1.82, 2.24) is 20.4 Å². The minimum atomic E-state index is 0.798. The predicted molar refractivity (Wildman–Crippen MR) is 96.0 cm³/mol. The molecule has 0 radical (unpaired) electrons. The number of ether oxygens (including phenoxy) is 1. The average Bonchev–Trinajstić information content (AvgIpc) is 2.84. The molecule has 0 atom stereocenters. The van der Waals surface area contributed by atoms with Gasteiger partial charge in [0.15, 0.2) is 5.96 Å². The van der Waals surface area contributed by atoms with Crippen molar-refractivity contribution in [1.29, 1.82) is 0 Å². The van der Waals surface area contributed by atoms with E-state index in [1.165, 1.54) is 5.69 Å². The van der Waals surface area contributed by atoms with Gasteiger partial charge in [0.05, 0.1) is 5.69 Å². The van der Waals surface area contributed by atoms with Crippen LogP contribution in [0.5, 0.6) is 0 Å². The summed E-state index contributed by atoms with van der Waals surface area (Å²) >= 11 is 0. The molecule has 0 aliphatic rings. The zero-order chi connectivity index (χ0) is 16.9. The SMILES string of the molecule is CCNC(=NCCCn1nc(C)cc1C)NCCCCOCC. The fourth-order valence-corrected chi connectivity index (χ4v) is 2.33. The van der Waals surface area contributed by atoms with Crippen LogP contribution in [0.1, 0.15) is 44.5 Å². The Morgan fingerprint density at radius 3 is 2.70 bits per heavy atom. The molecular formula is C17H33N5O. The number of hydrogen-bond donors (Lipinski definition) is 2. The summed E-state index contributed by atoms with van der Waals surface area (Å²) in [6, 6.07) is 2.11. The number of unbranched alkanes of at least 4 members (excludes halogenated alkanes) is 1. The Hall–Kier alpha value is -1.56. The van der Waals surface area contributed by atoms with Crippen molar-refractivity contribution in [2.75, 3.05) is 32.8 Å². The van der Waals surface area contributed by atoms with Crippen molar-refractivity contribution in [2.24, 2.45) is 4.99 Å². The standard InChI is InChI=1S/C17H33N5O/c1-5-18-17(19-10-7-8-13-23-6-2)20-11-9-12-22-16(4)14-15(3)21-22/h14H,5-13H2,1-4H3,(H2,18,19,20). The molecule has 2 N–H and O–H groups in total. The van der Waals surface area contributed by atoms with E-state index in [1.54, 1.807) is 0 Å². The maximum atomic E-state index is 5.34. The van der Waals surface area contributed by atoms with Gasteiger partial charge in [0.2, 0.25) is 0 Å². The van der Waals surface area contributed by atoms with Crippen molar-refractivity contribution in [3.8, 4) is 0 Å². The summed E-state index contributed by atoms with van der Waals surface area (Å²) in [4.78, 5) is 4.62. The Kier molecular flexibility index (Phi) is 10.1. The highest BCUT2D eigenvalue weighted by molar-refractivity contribution is 5.79. The van der Waals surface area contributed by atoms with E-state index in [1.807, 2.05) is 13.8 Å². The van der Waals surface area contributed by atoms with Gasteiger partial charge in [0.25, 0.3) is 0 Å². The van der Waals surface area contributed by atoms with Crippen LogP contribution in [0.3, 0.4) is 0 Å². The summed E-state index contributed by atoms with van der Waals surface area (Å²) < 4.78 is 7.39. The lowest BCUT2D eigenvalue weighted by Gasteiger charge is -2.11. The molecule has 0 aromatic carbocycles. The van der Waals surface area contributed by atoms with E-state index in [-0.39, 0.29) is 0 Å². The third kappa shape index (κ3) is 8.59. The molecule has 132 valence electrons. The highest BCUT2D eigenvalue weighted by atomic mass is 16.5. The Bertz CT molecular complexity index is 456. The summed E-state index contributed by atoms with van der Waals surface area (Å²) in [5.74, 6) is 0.900. The quantitative estimate of drug-likeness (QED) is 0.372. The third-order valence-corrected chi connectivity index (χ3v) is 3.46. The van der Waals surface area contributed by atoms with Crippen LogP contribution in [0, 0.1) is 13.8 Å². The summed E-state index contributed by atoms with van der Waals surface area (Å²) in [5.41, 5.74) is 2.29. The minimum Gasteiger partial charge on any atom is -0.382 e. The second-order valence-electron chi connectivity index (χ2n) is 5.60. The van der Waals surface area contributed by atoms with Gasteiger partial charge in [-0.05, 0) is 53.0 Å². The van der Waals surface area contributed by atoms with E-state index in [9.17, 15) is 0 Å². The average molecular weight is 323 g/mol. The fraction of sp³-hybridized carbons (Fsp3) is 0.765. The van der Waals surface area contributed by atoms with Crippen LogP contribution in [0.2, 0.25) is 0 Å². The number of nitrogens with one attached hydrogen (secondary N) is 2. The number of aromatic nitrogens is 2. The molecule has 0 aliphatic carbocycles. The number of aryl methyl sites for hydroxylation is 3. The molecule has 1 heterocycles. The largest absolute Gasteiger partial charge is 0.382 e. The van der Waals surface area contributed by atoms with Gasteiger partial charge in [-0.1, -0.05) is 0 Å². The molecule has 1 aromatic heterocycles. The van der Waals surface area contributed by atoms with Gasteiger partial charge in [-0.15, -0.1) is 0 Å². The minimum absolute atomic E-state index is 0.798. The van der Waals surface area contributed by atoms with Crippen LogP contribution in [0.4, 0.5) is 0 Å². The Morgan fingerprint density at radius 2 is 2.04 bits per heavy atom. The van der Waals surface area contributed by atoms with E-state index in [4.69, 9.17) is 4.74 Å². The van der Waals surface area contributed by atoms with Gasteiger partial charge >= 0.3 is 0 Å². The second-order valence-corrected chi connectivity index (χ2v) is 5.60. The van der Waals surface area contributed by atoms with Crippen molar-refractivity contribution >= 4 is 5.96 Å². The van der Waals surface area contributed by atoms with Gasteiger partial charge in [-0.25, -0.2) is 0 Å². The van der Waals surface area contributed by atoms with Gasteiger partial charge < -0.3 is 15.4 Å². The fourth-order valence-electron chi connectivity index (χ4n) is 2.33. The predicted octanol–water partition coefficient (Wildman–Crippen LogP) is 2.26. The van der Waals surface area contributed by atoms with E-state index in [0.29, 0.717) is 0 Å². The molecule has 0 aliphatic heterocycles. The van der Waals surface area contributed by atoms with E-state index in [0.717, 1.165) is 70.3 Å². The summed E-state index contributed by atoms with van der Waals surface area (Å²) in [6.07, 6.45) is 3.16. The lowest BCUT2D eigenvalue weighted by atomic mass is 10.3. The molecule has 6 nitrogen and oxygen atoms in total. The van der Waals surface area contributed by atoms with Crippen LogP contribution in [0.15, 0.2) is 11.1 Å². The van der Waals surface area contributed by atoms with Crippen LogP contribution in [-0.2, 0) is 11.3 Å². The third-order valence-electron chi connectivity index (χ3n) is 3.46. The molecule has 6 heteroatoms. The van der Waals surface area contributed by atoms with Crippen molar-refractivity contribution in [3.63, 3.8) is 0 Å². The zero-order valence-electron chi connectivity index (χ0n) is 15.2. The van der Waals surface area contributed by atoms with Crippen LogP contribution in [0.25, 0.3) is 0 Å². The van der Waals surface area contributed by atoms with Crippen molar-refractivity contribution < 1.29 is 4.74 Å². The Morgan fingerprint density at radius 1 is 1.22 bits per heavy atom. The van der Waals surface area contributed by atoms with E-state index >= 15 is 0 Å². The molecule has 0 amide bonds. The van der Waals surface area contributed by atoms with E-state index < -0.39 is 0 Å². The molecule has 0 saturated heterocycles. The molecule has 0 bridgehead atoms. The number of rotatable bonds is 11. The topological polar surface area (TPSA) is 63.5 Å². The first-order chi connectivity index (χ1) is 11.2. The number of nitrogens with zero attached hydrogens (tertiary/aromatic N) is 3. The lowest BCUT2D eigenvalue weighted by Crippen LogP contribution is -2.38. The first kappa shape index (κ1) is 19.5. The maximum Gasteiger partial charge on any atom is 0.191 e. The molecular weight excluding hydrogens is 290 g/mol. The number of hydrogen-bond acceptors (Lipinski definition) is 3. The molecule has 1 rings (SSSR count). The van der Waals surface area contributed by atoms with Crippen LogP contribution < -0.4 is 10.6 Å². The lowest BCUT2D eigenvalue weighted by molar-refractivity contribution is 0.143. The first-order valence-corrected chi connectivity index (χ1v) is 8.78. The van der Waals surface area contributed by atoms with Crippen LogP contribution >= 0.6 is 0 Å². The van der Waals surface area contributed by atoms with Crippen molar-refractivity contribution in [2.45, 2.75) is 53.5 Å². The highest BCUT2D eigenvalue weighted by Gasteiger charge is 2.00. The number of aliphatic imine (C=N–C) groups is 1. The summed E-state index contributed by atoms with van der Waals surface area (Å²) in [7, 11) is 0. The highest BCUT2D eigenvalue weighted by Crippen LogP contribution is 2.02. The van der Waals surface area contributed by atoms with Gasteiger partial charge in [0.1, 0.15) is 0 Å². The van der Waals surface area contributed by atoms with Gasteiger partial charge in [-0.3, -0.25) is 9.67 Å². The monoisotopic (exact) mass is 323 g/mol. The van der Waals surface area contributed by atoms with Crippen molar-refractivity contribution in [3.05, 3.63) is 17.5 Å². The Labute approximate surface area is 140 Å². The maximum absolute atomic E-state index is 5.34. The zero-order valence-corrected chi connectivity index (χ0v) is 15.2. The van der Waals surface area contributed by atoms with Gasteiger partial charge in [0, 0.05) is 45.1 Å². The molecule has 0 unspecified atom stereocenters. The molecule has 0 spiro atoms. The molecule has 0 saturated carbocycles. The second kappa shape index (κ2) is 11.9. The summed E-state index contributed by atoms with van der Waals surface area (Å²) in [6.45, 7) is 13.4. The Balaban J connectivity index is 2.24.